The zero-order chi connectivity index (χ0) is 18.2. The van der Waals surface area contributed by atoms with Crippen LogP contribution in [0.1, 0.15) is 32.4 Å². The van der Waals surface area contributed by atoms with E-state index in [1.54, 1.807) is 7.05 Å². The van der Waals surface area contributed by atoms with Crippen LogP contribution in [0.15, 0.2) is 29.3 Å². The Hall–Kier alpha value is -1.66. The van der Waals surface area contributed by atoms with Crippen molar-refractivity contribution >= 4 is 5.96 Å². The molecule has 2 atom stereocenters. The quantitative estimate of drug-likeness (QED) is 0.611. The molecule has 0 saturated carbocycles. The van der Waals surface area contributed by atoms with E-state index in [0.29, 0.717) is 18.5 Å². The molecule has 6 heteroatoms. The Morgan fingerprint density at radius 1 is 1.20 bits per heavy atom. The first-order chi connectivity index (χ1) is 12.0. The molecule has 2 rings (SSSR count). The summed E-state index contributed by atoms with van der Waals surface area (Å²) >= 11 is 0. The number of hydrogen-bond acceptors (Lipinski definition) is 3. The molecular formula is C19H31FN4O. The van der Waals surface area contributed by atoms with E-state index in [4.69, 9.17) is 4.74 Å². The van der Waals surface area contributed by atoms with E-state index in [-0.39, 0.29) is 11.9 Å². The fraction of sp³-hybridized carbons (Fsp3) is 0.632. The van der Waals surface area contributed by atoms with Crippen molar-refractivity contribution in [3.8, 4) is 0 Å². The van der Waals surface area contributed by atoms with Gasteiger partial charge in [0.05, 0.1) is 19.3 Å². The molecule has 1 aromatic carbocycles. The first-order valence-corrected chi connectivity index (χ1v) is 9.05. The topological polar surface area (TPSA) is 48.9 Å². The fourth-order valence-electron chi connectivity index (χ4n) is 2.80. The largest absolute Gasteiger partial charge is 0.379 e. The van der Waals surface area contributed by atoms with Crippen molar-refractivity contribution in [2.24, 2.45) is 10.9 Å². The van der Waals surface area contributed by atoms with Gasteiger partial charge in [0.25, 0.3) is 0 Å². The Bertz CT molecular complexity index is 541. The lowest BCUT2D eigenvalue weighted by molar-refractivity contribution is 0.0169. The van der Waals surface area contributed by atoms with Gasteiger partial charge in [0.15, 0.2) is 5.96 Å². The maximum atomic E-state index is 13.3. The average molecular weight is 350 g/mol. The zero-order valence-corrected chi connectivity index (χ0v) is 15.8. The van der Waals surface area contributed by atoms with Crippen LogP contribution in [0.5, 0.6) is 0 Å². The van der Waals surface area contributed by atoms with Gasteiger partial charge in [-0.2, -0.15) is 0 Å². The number of rotatable bonds is 6. The van der Waals surface area contributed by atoms with E-state index in [0.717, 1.165) is 37.8 Å². The molecule has 0 aliphatic carbocycles. The Balaban J connectivity index is 2.06. The second kappa shape index (κ2) is 9.73. The molecule has 140 valence electrons. The van der Waals surface area contributed by atoms with Gasteiger partial charge in [-0.15, -0.1) is 0 Å². The maximum Gasteiger partial charge on any atom is 0.191 e. The summed E-state index contributed by atoms with van der Waals surface area (Å²) in [7, 11) is 1.78. The average Bonchev–Trinajstić information content (AvgIpc) is 2.62. The Morgan fingerprint density at radius 2 is 1.84 bits per heavy atom. The standard InChI is InChI=1S/C19H31FN4O/c1-14(2)15(3)23-19(21-4)22-13-18(24-9-11-25-12-10-24)16-5-7-17(20)8-6-16/h5-8,14-15,18H,9-13H2,1-4H3,(H2,21,22,23). The van der Waals surface area contributed by atoms with E-state index >= 15 is 0 Å². The van der Waals surface area contributed by atoms with Crippen LogP contribution in [-0.2, 0) is 4.74 Å². The predicted molar refractivity (Wildman–Crippen MR) is 100 cm³/mol. The van der Waals surface area contributed by atoms with Crippen LogP contribution >= 0.6 is 0 Å². The smallest absolute Gasteiger partial charge is 0.191 e. The second-order valence-corrected chi connectivity index (χ2v) is 6.85. The lowest BCUT2D eigenvalue weighted by Crippen LogP contribution is -2.48. The summed E-state index contributed by atoms with van der Waals surface area (Å²) in [4.78, 5) is 6.70. The molecule has 2 unspecified atom stereocenters. The van der Waals surface area contributed by atoms with Crippen molar-refractivity contribution in [2.75, 3.05) is 39.9 Å². The maximum absolute atomic E-state index is 13.3. The molecule has 1 aliphatic heterocycles. The van der Waals surface area contributed by atoms with Crippen LogP contribution in [0, 0.1) is 11.7 Å². The van der Waals surface area contributed by atoms with Crippen molar-refractivity contribution in [2.45, 2.75) is 32.9 Å². The molecule has 2 N–H and O–H groups in total. The highest BCUT2D eigenvalue weighted by Crippen LogP contribution is 2.21. The Labute approximate surface area is 150 Å². The fourth-order valence-corrected chi connectivity index (χ4v) is 2.80. The molecule has 0 aromatic heterocycles. The lowest BCUT2D eigenvalue weighted by atomic mass is 10.0. The van der Waals surface area contributed by atoms with Gasteiger partial charge in [0.1, 0.15) is 5.82 Å². The number of nitrogens with zero attached hydrogens (tertiary/aromatic N) is 2. The Morgan fingerprint density at radius 3 is 2.40 bits per heavy atom. The number of guanidine groups is 1. The van der Waals surface area contributed by atoms with Gasteiger partial charge in [0.2, 0.25) is 0 Å². The van der Waals surface area contributed by atoms with E-state index < -0.39 is 0 Å². The third-order valence-corrected chi connectivity index (χ3v) is 4.79. The molecule has 1 fully saturated rings. The normalized spacial score (nSPS) is 18.9. The molecule has 1 aromatic rings. The van der Waals surface area contributed by atoms with E-state index in [1.807, 2.05) is 12.1 Å². The highest BCUT2D eigenvalue weighted by molar-refractivity contribution is 5.80. The van der Waals surface area contributed by atoms with Gasteiger partial charge in [-0.1, -0.05) is 26.0 Å². The van der Waals surface area contributed by atoms with Crippen LogP contribution in [0.4, 0.5) is 4.39 Å². The van der Waals surface area contributed by atoms with Crippen molar-refractivity contribution in [3.05, 3.63) is 35.6 Å². The van der Waals surface area contributed by atoms with E-state index in [9.17, 15) is 4.39 Å². The minimum atomic E-state index is -0.208. The SMILES string of the molecule is CN=C(NCC(c1ccc(F)cc1)N1CCOCC1)NC(C)C(C)C. The summed E-state index contributed by atoms with van der Waals surface area (Å²) < 4.78 is 18.8. The highest BCUT2D eigenvalue weighted by atomic mass is 19.1. The molecule has 1 aliphatic rings. The number of benzene rings is 1. The number of halogens is 1. The Kier molecular flexibility index (Phi) is 7.65. The van der Waals surface area contributed by atoms with Gasteiger partial charge in [-0.05, 0) is 30.5 Å². The summed E-state index contributed by atoms with van der Waals surface area (Å²) in [6.45, 7) is 10.4. The molecule has 25 heavy (non-hydrogen) atoms. The molecular weight excluding hydrogens is 319 g/mol. The van der Waals surface area contributed by atoms with Crippen LogP contribution < -0.4 is 10.6 Å². The van der Waals surface area contributed by atoms with Crippen LogP contribution in [0.3, 0.4) is 0 Å². The van der Waals surface area contributed by atoms with Crippen LogP contribution in [0.2, 0.25) is 0 Å². The first kappa shape index (κ1) is 19.7. The van der Waals surface area contributed by atoms with Gasteiger partial charge >= 0.3 is 0 Å². The number of morpholine rings is 1. The molecule has 0 amide bonds. The minimum Gasteiger partial charge on any atom is -0.379 e. The predicted octanol–water partition coefficient (Wildman–Crippen LogP) is 2.41. The number of ether oxygens (including phenoxy) is 1. The van der Waals surface area contributed by atoms with Crippen LogP contribution in [0.25, 0.3) is 0 Å². The second-order valence-electron chi connectivity index (χ2n) is 6.85. The third kappa shape index (κ3) is 5.97. The molecule has 0 spiro atoms. The van der Waals surface area contributed by atoms with Gasteiger partial charge in [-0.3, -0.25) is 9.89 Å². The molecule has 5 nitrogen and oxygen atoms in total. The van der Waals surface area contributed by atoms with Gasteiger partial charge in [0, 0.05) is 32.7 Å². The van der Waals surface area contributed by atoms with Crippen molar-refractivity contribution in [1.82, 2.24) is 15.5 Å². The van der Waals surface area contributed by atoms with Gasteiger partial charge < -0.3 is 15.4 Å². The molecule has 1 saturated heterocycles. The summed E-state index contributed by atoms with van der Waals surface area (Å²) in [5, 5.41) is 6.85. The van der Waals surface area contributed by atoms with Crippen LogP contribution in [-0.4, -0.2) is 56.8 Å². The number of nitrogens with one attached hydrogen (secondary N) is 2. The van der Waals surface area contributed by atoms with Crippen molar-refractivity contribution in [3.63, 3.8) is 0 Å². The van der Waals surface area contributed by atoms with Crippen molar-refractivity contribution < 1.29 is 9.13 Å². The minimum absolute atomic E-state index is 0.150. The molecule has 1 heterocycles. The first-order valence-electron chi connectivity index (χ1n) is 9.05. The van der Waals surface area contributed by atoms with E-state index in [1.165, 1.54) is 12.1 Å². The number of hydrogen-bond donors (Lipinski definition) is 2. The summed E-state index contributed by atoms with van der Waals surface area (Å²) in [6.07, 6.45) is 0. The summed E-state index contributed by atoms with van der Waals surface area (Å²) in [5.74, 6) is 1.10. The highest BCUT2D eigenvalue weighted by Gasteiger charge is 2.23. The monoisotopic (exact) mass is 350 g/mol. The summed E-state index contributed by atoms with van der Waals surface area (Å²) in [6, 6.07) is 7.26. The molecule has 0 radical (unpaired) electrons. The lowest BCUT2D eigenvalue weighted by Gasteiger charge is -2.35. The molecule has 0 bridgehead atoms. The third-order valence-electron chi connectivity index (χ3n) is 4.79. The zero-order valence-electron chi connectivity index (χ0n) is 15.8. The number of aliphatic imine (C=N–C) groups is 1. The summed E-state index contributed by atoms with van der Waals surface area (Å²) in [5.41, 5.74) is 1.10. The van der Waals surface area contributed by atoms with Crippen molar-refractivity contribution in [1.29, 1.82) is 0 Å². The van der Waals surface area contributed by atoms with E-state index in [2.05, 4.69) is 41.3 Å². The van der Waals surface area contributed by atoms with Gasteiger partial charge in [-0.25, -0.2) is 4.39 Å².